The smallest absolute Gasteiger partial charge is 0.166 e. The number of ether oxygens (including phenoxy) is 1. The van der Waals surface area contributed by atoms with Crippen molar-refractivity contribution in [2.75, 3.05) is 0 Å². The molecule has 2 aromatic carbocycles. The SMILES string of the molecule is CC(C)c1ccc(Oc2ccc([C@@H](C)O)cc2F)cc1. The molecule has 0 spiro atoms. The van der Waals surface area contributed by atoms with Gasteiger partial charge in [0.2, 0.25) is 0 Å². The number of hydrogen-bond acceptors (Lipinski definition) is 2. The van der Waals surface area contributed by atoms with Gasteiger partial charge in [0.1, 0.15) is 5.75 Å². The van der Waals surface area contributed by atoms with Gasteiger partial charge >= 0.3 is 0 Å². The Balaban J connectivity index is 2.17. The average molecular weight is 274 g/mol. The summed E-state index contributed by atoms with van der Waals surface area (Å²) in [5.41, 5.74) is 1.74. The van der Waals surface area contributed by atoms with Crippen molar-refractivity contribution in [3.05, 3.63) is 59.4 Å². The Hall–Kier alpha value is -1.87. The number of benzene rings is 2. The molecule has 2 rings (SSSR count). The summed E-state index contributed by atoms with van der Waals surface area (Å²) in [5.74, 6) is 0.729. The molecule has 20 heavy (non-hydrogen) atoms. The molecule has 1 atom stereocenters. The van der Waals surface area contributed by atoms with E-state index in [1.165, 1.54) is 17.7 Å². The van der Waals surface area contributed by atoms with Crippen LogP contribution in [0.3, 0.4) is 0 Å². The Bertz CT molecular complexity index is 574. The topological polar surface area (TPSA) is 29.5 Å². The summed E-state index contributed by atoms with van der Waals surface area (Å²) in [6.07, 6.45) is -0.691. The fraction of sp³-hybridized carbons (Fsp3) is 0.294. The first-order valence-corrected chi connectivity index (χ1v) is 6.72. The first kappa shape index (κ1) is 14.5. The largest absolute Gasteiger partial charge is 0.454 e. The predicted octanol–water partition coefficient (Wildman–Crippen LogP) is 4.79. The van der Waals surface area contributed by atoms with Gasteiger partial charge in [0.25, 0.3) is 0 Å². The van der Waals surface area contributed by atoms with Crippen LogP contribution in [0.1, 0.15) is 43.9 Å². The second kappa shape index (κ2) is 6.06. The van der Waals surface area contributed by atoms with E-state index in [9.17, 15) is 9.50 Å². The van der Waals surface area contributed by atoms with Crippen LogP contribution in [0.15, 0.2) is 42.5 Å². The standard InChI is InChI=1S/C17H19FO2/c1-11(2)13-4-7-15(8-5-13)20-17-9-6-14(12(3)19)10-16(17)18/h4-12,19H,1-3H3/t12-/m1/s1. The van der Waals surface area contributed by atoms with Gasteiger partial charge in [-0.2, -0.15) is 0 Å². The monoisotopic (exact) mass is 274 g/mol. The normalized spacial score (nSPS) is 12.5. The lowest BCUT2D eigenvalue weighted by Crippen LogP contribution is -1.95. The van der Waals surface area contributed by atoms with E-state index >= 15 is 0 Å². The molecular weight excluding hydrogens is 255 g/mol. The van der Waals surface area contributed by atoms with Crippen molar-refractivity contribution in [3.8, 4) is 11.5 Å². The molecule has 0 radical (unpaired) electrons. The Labute approximate surface area is 118 Å². The van der Waals surface area contributed by atoms with Gasteiger partial charge in [-0.1, -0.05) is 32.0 Å². The van der Waals surface area contributed by atoms with E-state index in [0.29, 0.717) is 17.2 Å². The molecule has 0 aliphatic carbocycles. The molecule has 0 fully saturated rings. The quantitative estimate of drug-likeness (QED) is 0.868. The van der Waals surface area contributed by atoms with Crippen molar-refractivity contribution in [1.29, 1.82) is 0 Å². The Morgan fingerprint density at radius 2 is 1.55 bits per heavy atom. The summed E-state index contributed by atoms with van der Waals surface area (Å²) >= 11 is 0. The highest BCUT2D eigenvalue weighted by atomic mass is 19.1. The van der Waals surface area contributed by atoms with Crippen molar-refractivity contribution in [3.63, 3.8) is 0 Å². The van der Waals surface area contributed by atoms with Crippen molar-refractivity contribution in [2.45, 2.75) is 32.8 Å². The molecule has 0 saturated heterocycles. The van der Waals surface area contributed by atoms with Crippen molar-refractivity contribution >= 4 is 0 Å². The summed E-state index contributed by atoms with van der Waals surface area (Å²) in [7, 11) is 0. The van der Waals surface area contributed by atoms with E-state index < -0.39 is 11.9 Å². The number of hydrogen-bond donors (Lipinski definition) is 1. The fourth-order valence-electron chi connectivity index (χ4n) is 1.91. The van der Waals surface area contributed by atoms with Crippen LogP contribution in [0.4, 0.5) is 4.39 Å². The van der Waals surface area contributed by atoms with E-state index in [-0.39, 0.29) is 5.75 Å². The highest BCUT2D eigenvalue weighted by Crippen LogP contribution is 2.28. The van der Waals surface area contributed by atoms with E-state index in [0.717, 1.165) is 0 Å². The van der Waals surface area contributed by atoms with E-state index in [2.05, 4.69) is 13.8 Å². The highest BCUT2D eigenvalue weighted by molar-refractivity contribution is 5.36. The minimum Gasteiger partial charge on any atom is -0.454 e. The molecule has 2 nitrogen and oxygen atoms in total. The summed E-state index contributed by atoms with van der Waals surface area (Å²) in [6, 6.07) is 12.1. The molecule has 2 aromatic rings. The van der Waals surface area contributed by atoms with Gasteiger partial charge < -0.3 is 9.84 Å². The number of aliphatic hydroxyl groups is 1. The van der Waals surface area contributed by atoms with Crippen LogP contribution in [0.25, 0.3) is 0 Å². The van der Waals surface area contributed by atoms with Gasteiger partial charge in [0.15, 0.2) is 11.6 Å². The molecule has 3 heteroatoms. The molecule has 106 valence electrons. The van der Waals surface area contributed by atoms with Gasteiger partial charge in [-0.25, -0.2) is 4.39 Å². The van der Waals surface area contributed by atoms with Crippen molar-refractivity contribution in [2.24, 2.45) is 0 Å². The zero-order valence-electron chi connectivity index (χ0n) is 11.9. The summed E-state index contributed by atoms with van der Waals surface area (Å²) < 4.78 is 19.4. The molecule has 0 aliphatic heterocycles. The molecule has 0 heterocycles. The lowest BCUT2D eigenvalue weighted by Gasteiger charge is -2.11. The van der Waals surface area contributed by atoms with Crippen LogP contribution in [0.2, 0.25) is 0 Å². The lowest BCUT2D eigenvalue weighted by atomic mass is 10.0. The number of aliphatic hydroxyl groups excluding tert-OH is 1. The van der Waals surface area contributed by atoms with Gasteiger partial charge in [0.05, 0.1) is 6.10 Å². The van der Waals surface area contributed by atoms with Crippen LogP contribution >= 0.6 is 0 Å². The van der Waals surface area contributed by atoms with Crippen LogP contribution < -0.4 is 4.74 Å². The van der Waals surface area contributed by atoms with Gasteiger partial charge in [-0.15, -0.1) is 0 Å². The van der Waals surface area contributed by atoms with Crippen LogP contribution in [-0.2, 0) is 0 Å². The lowest BCUT2D eigenvalue weighted by molar-refractivity contribution is 0.198. The zero-order valence-corrected chi connectivity index (χ0v) is 11.9. The summed E-state index contributed by atoms with van der Waals surface area (Å²) in [6.45, 7) is 5.83. The summed E-state index contributed by atoms with van der Waals surface area (Å²) in [4.78, 5) is 0. The molecular formula is C17H19FO2. The highest BCUT2D eigenvalue weighted by Gasteiger charge is 2.09. The maximum atomic E-state index is 13.9. The third-order valence-electron chi connectivity index (χ3n) is 3.21. The number of rotatable bonds is 4. The van der Waals surface area contributed by atoms with Crippen LogP contribution in [-0.4, -0.2) is 5.11 Å². The van der Waals surface area contributed by atoms with Gasteiger partial charge in [-0.3, -0.25) is 0 Å². The molecule has 0 aliphatic rings. The number of halogens is 1. The third kappa shape index (κ3) is 3.36. The Morgan fingerprint density at radius 3 is 2.05 bits per heavy atom. The third-order valence-corrected chi connectivity index (χ3v) is 3.21. The molecule has 0 aromatic heterocycles. The average Bonchev–Trinajstić information content (AvgIpc) is 2.41. The maximum Gasteiger partial charge on any atom is 0.166 e. The minimum absolute atomic E-state index is 0.159. The van der Waals surface area contributed by atoms with E-state index in [1.807, 2.05) is 24.3 Å². The van der Waals surface area contributed by atoms with E-state index in [4.69, 9.17) is 4.74 Å². The first-order chi connectivity index (χ1) is 9.47. The molecule has 1 N–H and O–H groups in total. The zero-order chi connectivity index (χ0) is 14.7. The van der Waals surface area contributed by atoms with Crippen LogP contribution in [0, 0.1) is 5.82 Å². The van der Waals surface area contributed by atoms with Crippen molar-refractivity contribution < 1.29 is 14.2 Å². The minimum atomic E-state index is -0.691. The van der Waals surface area contributed by atoms with Crippen molar-refractivity contribution in [1.82, 2.24) is 0 Å². The molecule has 0 bridgehead atoms. The van der Waals surface area contributed by atoms with Gasteiger partial charge in [0, 0.05) is 0 Å². The van der Waals surface area contributed by atoms with Gasteiger partial charge in [-0.05, 0) is 48.2 Å². The first-order valence-electron chi connectivity index (χ1n) is 6.72. The van der Waals surface area contributed by atoms with Crippen LogP contribution in [0.5, 0.6) is 11.5 Å². The molecule has 0 saturated carbocycles. The molecule has 0 amide bonds. The maximum absolute atomic E-state index is 13.9. The second-order valence-electron chi connectivity index (χ2n) is 5.19. The van der Waals surface area contributed by atoms with E-state index in [1.54, 1.807) is 13.0 Å². The Morgan fingerprint density at radius 1 is 0.950 bits per heavy atom. The fourth-order valence-corrected chi connectivity index (χ4v) is 1.91. The summed E-state index contributed by atoms with van der Waals surface area (Å²) in [5, 5.41) is 9.40. The molecule has 0 unspecified atom stereocenters. The Kier molecular flexibility index (Phi) is 4.40. The second-order valence-corrected chi connectivity index (χ2v) is 5.19. The predicted molar refractivity (Wildman–Crippen MR) is 77.6 cm³/mol.